The molecule has 3 N–H and O–H groups in total. The van der Waals surface area contributed by atoms with Crippen LogP contribution in [-0.4, -0.2) is 44.8 Å². The van der Waals surface area contributed by atoms with Crippen molar-refractivity contribution in [3.8, 4) is 5.75 Å². The van der Waals surface area contributed by atoms with E-state index in [0.717, 1.165) is 27.3 Å². The van der Waals surface area contributed by atoms with E-state index >= 15 is 4.39 Å². The summed E-state index contributed by atoms with van der Waals surface area (Å²) in [6.07, 6.45) is -9.39. The smallest absolute Gasteiger partial charge is 0.449 e. The molecule has 278 valence electrons. The van der Waals surface area contributed by atoms with Gasteiger partial charge in [-0.2, -0.15) is 26.3 Å². The van der Waals surface area contributed by atoms with E-state index in [-0.39, 0.29) is 61.8 Å². The number of carbonyl (C=O) groups is 1. The lowest BCUT2D eigenvalue weighted by molar-refractivity contribution is -0.153. The van der Waals surface area contributed by atoms with Crippen LogP contribution in [0.25, 0.3) is 0 Å². The van der Waals surface area contributed by atoms with Gasteiger partial charge >= 0.3 is 24.0 Å². The first-order valence-electron chi connectivity index (χ1n) is 15.9. The minimum absolute atomic E-state index is 0.00128. The normalized spacial score (nSPS) is 16.6. The first-order chi connectivity index (χ1) is 24.5. The van der Waals surface area contributed by atoms with Crippen molar-refractivity contribution in [3.63, 3.8) is 0 Å². The highest BCUT2D eigenvalue weighted by molar-refractivity contribution is 5.68. The highest BCUT2D eigenvalue weighted by atomic mass is 19.4. The Bertz CT molecular complexity index is 2080. The molecule has 2 aromatic heterocycles. The number of fused-ring (bicyclic) bond motifs is 2. The van der Waals surface area contributed by atoms with Crippen LogP contribution in [-0.2, 0) is 53.7 Å². The van der Waals surface area contributed by atoms with Gasteiger partial charge in [-0.3, -0.25) is 18.8 Å². The lowest BCUT2D eigenvalue weighted by Gasteiger charge is -2.38. The number of benzene rings is 2. The summed E-state index contributed by atoms with van der Waals surface area (Å²) in [5.74, 6) is -3.29. The van der Waals surface area contributed by atoms with Crippen LogP contribution in [0.1, 0.15) is 58.4 Å². The highest BCUT2D eigenvalue weighted by Crippen LogP contribution is 2.43. The molecule has 1 atom stereocenters. The molecule has 1 fully saturated rings. The van der Waals surface area contributed by atoms with Gasteiger partial charge in [-0.1, -0.05) is 18.2 Å². The molecule has 1 saturated heterocycles. The second-order valence-corrected chi connectivity index (χ2v) is 12.6. The predicted molar refractivity (Wildman–Crippen MR) is 167 cm³/mol. The Morgan fingerprint density at radius 3 is 2.25 bits per heavy atom. The lowest BCUT2D eigenvalue weighted by atomic mass is 9.85. The summed E-state index contributed by atoms with van der Waals surface area (Å²) >= 11 is 0. The van der Waals surface area contributed by atoms with Crippen LogP contribution in [0, 0.1) is 5.82 Å². The number of aromatic nitrogens is 2. The Hall–Kier alpha value is -4.94. The quantitative estimate of drug-likeness (QED) is 0.215. The molecular weight excluding hydrogens is 709 g/mol. The Morgan fingerprint density at radius 1 is 0.942 bits per heavy atom. The number of carboxylic acid groups (broad SMARTS) is 1. The number of halogens is 7. The molecular formula is C34H31F7N4O7. The number of piperidine rings is 1. The van der Waals surface area contributed by atoms with Gasteiger partial charge in [0.05, 0.1) is 43.1 Å². The fourth-order valence-electron chi connectivity index (χ4n) is 6.66. The van der Waals surface area contributed by atoms with E-state index in [4.69, 9.17) is 24.7 Å². The van der Waals surface area contributed by atoms with Gasteiger partial charge in [0.25, 0.3) is 5.56 Å². The molecule has 2 aromatic carbocycles. The Kier molecular flexibility index (Phi) is 9.84. The van der Waals surface area contributed by atoms with Crippen molar-refractivity contribution >= 4 is 5.97 Å². The van der Waals surface area contributed by atoms with Crippen molar-refractivity contribution < 1.29 is 54.5 Å². The van der Waals surface area contributed by atoms with Gasteiger partial charge in [0, 0.05) is 24.7 Å². The molecule has 1 unspecified atom stereocenters. The van der Waals surface area contributed by atoms with Crippen LogP contribution < -0.4 is 21.7 Å². The van der Waals surface area contributed by atoms with Gasteiger partial charge in [-0.25, -0.2) is 14.0 Å². The Balaban J connectivity index is 1.36. The monoisotopic (exact) mass is 740 g/mol. The minimum atomic E-state index is -4.97. The van der Waals surface area contributed by atoms with Crippen LogP contribution in [0.5, 0.6) is 5.75 Å². The SMILES string of the molecule is NC(Cn1c(=O)c2c(n(Cc3c(F)cccc3C(F)(F)F)c1=O)COC21CCN(Cc2ccc(C(F)(F)F)o2)CC1)c1ccc(OCC(=O)O)cc1. The largest absolute Gasteiger partial charge is 0.482 e. The second kappa shape index (κ2) is 13.9. The van der Waals surface area contributed by atoms with Crippen LogP contribution in [0.4, 0.5) is 30.7 Å². The average molecular weight is 741 g/mol. The first-order valence-corrected chi connectivity index (χ1v) is 15.9. The fraction of sp³-hybridized carbons (Fsp3) is 0.382. The molecule has 0 aliphatic carbocycles. The molecule has 4 heterocycles. The van der Waals surface area contributed by atoms with Crippen molar-refractivity contribution in [3.05, 3.63) is 121 Å². The number of aliphatic carboxylic acids is 1. The summed E-state index contributed by atoms with van der Waals surface area (Å²) in [4.78, 5) is 40.9. The molecule has 0 bridgehead atoms. The van der Waals surface area contributed by atoms with E-state index in [9.17, 15) is 40.7 Å². The summed E-state index contributed by atoms with van der Waals surface area (Å²) < 4.78 is 114. The molecule has 2 aliphatic heterocycles. The number of alkyl halides is 6. The van der Waals surface area contributed by atoms with Gasteiger partial charge in [-0.05, 0) is 54.8 Å². The number of rotatable bonds is 10. The van der Waals surface area contributed by atoms with Crippen LogP contribution in [0.15, 0.2) is 68.6 Å². The molecule has 4 aromatic rings. The van der Waals surface area contributed by atoms with Crippen molar-refractivity contribution in [2.75, 3.05) is 19.7 Å². The topological polar surface area (TPSA) is 142 Å². The number of ether oxygens (including phenoxy) is 2. The molecule has 52 heavy (non-hydrogen) atoms. The number of carboxylic acids is 1. The van der Waals surface area contributed by atoms with Crippen molar-refractivity contribution in [1.29, 1.82) is 0 Å². The number of likely N-dealkylation sites (tertiary alicyclic amines) is 1. The van der Waals surface area contributed by atoms with E-state index in [2.05, 4.69) is 0 Å². The number of nitrogens with zero attached hydrogens (tertiary/aromatic N) is 3. The zero-order chi connectivity index (χ0) is 37.6. The highest BCUT2D eigenvalue weighted by Gasteiger charge is 2.47. The third-order valence-electron chi connectivity index (χ3n) is 9.25. The summed E-state index contributed by atoms with van der Waals surface area (Å²) in [5, 5.41) is 8.84. The van der Waals surface area contributed by atoms with E-state index in [1.54, 1.807) is 4.90 Å². The second-order valence-electron chi connectivity index (χ2n) is 12.6. The van der Waals surface area contributed by atoms with E-state index in [1.165, 1.54) is 30.3 Å². The standard InChI is InChI=1S/C34H31F7N4O7/c35-24-3-1-2-23(33(36,37)38)22(24)15-44-26-17-51-32(10-12-43(13-11-32)14-21-8-9-27(52-21)34(39,40)41)29(26)30(48)45(31(44)49)16-25(42)19-4-6-20(7-5-19)50-18-28(46)47/h1-9,25H,10-18,42H2,(H,46,47). The van der Waals surface area contributed by atoms with Gasteiger partial charge in [0.1, 0.15) is 22.9 Å². The summed E-state index contributed by atoms with van der Waals surface area (Å²) in [6, 6.07) is 9.26. The third-order valence-corrected chi connectivity index (χ3v) is 9.25. The maximum Gasteiger partial charge on any atom is 0.449 e. The summed E-state index contributed by atoms with van der Waals surface area (Å²) in [5.41, 5.74) is 1.49. The summed E-state index contributed by atoms with van der Waals surface area (Å²) in [6.45, 7) is -1.86. The summed E-state index contributed by atoms with van der Waals surface area (Å²) in [7, 11) is 0. The van der Waals surface area contributed by atoms with Gasteiger partial charge in [0.2, 0.25) is 5.76 Å². The van der Waals surface area contributed by atoms with Crippen molar-refractivity contribution in [2.45, 2.75) is 63.1 Å². The molecule has 1 spiro atoms. The number of hydrogen-bond acceptors (Lipinski definition) is 8. The maximum absolute atomic E-state index is 15.1. The fourth-order valence-corrected chi connectivity index (χ4v) is 6.66. The molecule has 0 amide bonds. The maximum atomic E-state index is 15.1. The number of furan rings is 1. The molecule has 0 saturated carbocycles. The molecule has 11 nitrogen and oxygen atoms in total. The van der Waals surface area contributed by atoms with Crippen molar-refractivity contribution in [1.82, 2.24) is 14.0 Å². The van der Waals surface area contributed by atoms with Crippen LogP contribution in [0.3, 0.4) is 0 Å². The molecule has 2 aliphatic rings. The number of nitrogens with two attached hydrogens (primary N) is 1. The third kappa shape index (κ3) is 7.35. The first kappa shape index (κ1) is 36.8. The molecule has 0 radical (unpaired) electrons. The molecule has 6 rings (SSSR count). The molecule has 18 heteroatoms. The Labute approximate surface area is 289 Å². The van der Waals surface area contributed by atoms with Crippen molar-refractivity contribution in [2.24, 2.45) is 5.73 Å². The Morgan fingerprint density at radius 2 is 1.63 bits per heavy atom. The van der Waals surface area contributed by atoms with Crippen LogP contribution >= 0.6 is 0 Å². The van der Waals surface area contributed by atoms with Crippen LogP contribution in [0.2, 0.25) is 0 Å². The minimum Gasteiger partial charge on any atom is -0.482 e. The average Bonchev–Trinajstić information content (AvgIpc) is 3.71. The van der Waals surface area contributed by atoms with Gasteiger partial charge in [-0.15, -0.1) is 0 Å². The predicted octanol–water partition coefficient (Wildman–Crippen LogP) is 5.01. The van der Waals surface area contributed by atoms with E-state index in [0.29, 0.717) is 11.6 Å². The van der Waals surface area contributed by atoms with Gasteiger partial charge < -0.3 is 24.7 Å². The lowest BCUT2D eigenvalue weighted by Crippen LogP contribution is -2.49. The zero-order valence-corrected chi connectivity index (χ0v) is 27.1. The van der Waals surface area contributed by atoms with Gasteiger partial charge in [0.15, 0.2) is 6.61 Å². The van der Waals surface area contributed by atoms with E-state index in [1.807, 2.05) is 0 Å². The zero-order valence-electron chi connectivity index (χ0n) is 27.1. The number of hydrogen-bond donors (Lipinski definition) is 2. The van der Waals surface area contributed by atoms with E-state index < -0.39 is 83.6 Å².